The third-order valence-corrected chi connectivity index (χ3v) is 2.99. The number of hydrogen-bond acceptors (Lipinski definition) is 3. The van der Waals surface area contributed by atoms with E-state index in [4.69, 9.17) is 16.3 Å². The summed E-state index contributed by atoms with van der Waals surface area (Å²) in [5, 5.41) is 10.5. The highest BCUT2D eigenvalue weighted by Crippen LogP contribution is 2.30. The second-order valence-corrected chi connectivity index (χ2v) is 4.48. The van der Waals surface area contributed by atoms with Crippen molar-refractivity contribution in [1.29, 1.82) is 0 Å². The van der Waals surface area contributed by atoms with Gasteiger partial charge in [0, 0.05) is 17.7 Å². The van der Waals surface area contributed by atoms with Crippen LogP contribution in [-0.4, -0.2) is 4.92 Å². The fraction of sp³-hybridized carbons (Fsp3) is 0.143. The van der Waals surface area contributed by atoms with Crippen molar-refractivity contribution in [2.75, 3.05) is 0 Å². The Labute approximate surface area is 119 Å². The van der Waals surface area contributed by atoms with Gasteiger partial charge in [0.05, 0.1) is 10.8 Å². The van der Waals surface area contributed by atoms with Gasteiger partial charge in [0.25, 0.3) is 0 Å². The molecule has 0 radical (unpaired) electrons. The second-order valence-electron chi connectivity index (χ2n) is 4.22. The molecule has 0 fully saturated rings. The van der Waals surface area contributed by atoms with Crippen LogP contribution in [0, 0.1) is 22.9 Å². The molecular weight excluding hydrogens is 285 g/mol. The molecule has 2 rings (SSSR count). The van der Waals surface area contributed by atoms with Crippen molar-refractivity contribution in [3.8, 4) is 11.5 Å². The number of nitro benzene ring substituents is 1. The van der Waals surface area contributed by atoms with Gasteiger partial charge in [0.2, 0.25) is 5.82 Å². The molecule has 0 bridgehead atoms. The van der Waals surface area contributed by atoms with E-state index in [0.717, 1.165) is 23.3 Å². The first kappa shape index (κ1) is 14.3. The summed E-state index contributed by atoms with van der Waals surface area (Å²) in [7, 11) is 0. The smallest absolute Gasteiger partial charge is 0.305 e. The summed E-state index contributed by atoms with van der Waals surface area (Å²) in [5.41, 5.74) is 1.21. The van der Waals surface area contributed by atoms with Crippen LogP contribution in [0.5, 0.6) is 11.5 Å². The monoisotopic (exact) mass is 295 g/mol. The minimum absolute atomic E-state index is 0.184. The van der Waals surface area contributed by atoms with Gasteiger partial charge in [-0.15, -0.1) is 11.6 Å². The largest absolute Gasteiger partial charge is 0.457 e. The maximum atomic E-state index is 13.5. The molecule has 0 spiro atoms. The molecule has 0 N–H and O–H groups in total. The topological polar surface area (TPSA) is 52.4 Å². The lowest BCUT2D eigenvalue weighted by atomic mass is 10.1. The lowest BCUT2D eigenvalue weighted by Crippen LogP contribution is -1.94. The number of ether oxygens (including phenoxy) is 1. The molecule has 0 saturated heterocycles. The highest BCUT2D eigenvalue weighted by Gasteiger charge is 2.15. The molecule has 0 aromatic heterocycles. The number of hydrogen-bond donors (Lipinski definition) is 0. The summed E-state index contributed by atoms with van der Waals surface area (Å²) in [6.45, 7) is 1.92. The Morgan fingerprint density at radius 3 is 2.65 bits per heavy atom. The van der Waals surface area contributed by atoms with Crippen molar-refractivity contribution in [2.24, 2.45) is 0 Å². The van der Waals surface area contributed by atoms with E-state index in [1.807, 2.05) is 19.1 Å². The Hall–Kier alpha value is -2.14. The molecule has 2 aromatic carbocycles. The van der Waals surface area contributed by atoms with Crippen LogP contribution in [0.3, 0.4) is 0 Å². The molecule has 6 heteroatoms. The fourth-order valence-electron chi connectivity index (χ4n) is 1.74. The van der Waals surface area contributed by atoms with Crippen molar-refractivity contribution < 1.29 is 14.1 Å². The average molecular weight is 296 g/mol. The maximum absolute atomic E-state index is 13.5. The van der Waals surface area contributed by atoms with Gasteiger partial charge in [0.15, 0.2) is 0 Å². The third kappa shape index (κ3) is 3.05. The number of rotatable bonds is 4. The summed E-state index contributed by atoms with van der Waals surface area (Å²) in [4.78, 5) is 9.75. The molecule has 0 saturated carbocycles. The summed E-state index contributed by atoms with van der Waals surface area (Å²) in [6.07, 6.45) is 0. The third-order valence-electron chi connectivity index (χ3n) is 2.70. The number of nitrogens with zero attached hydrogens (tertiary/aromatic N) is 1. The average Bonchev–Trinajstić information content (AvgIpc) is 2.40. The van der Waals surface area contributed by atoms with Crippen LogP contribution in [-0.2, 0) is 5.88 Å². The minimum atomic E-state index is -0.938. The molecule has 0 atom stereocenters. The van der Waals surface area contributed by atoms with E-state index in [2.05, 4.69) is 0 Å². The van der Waals surface area contributed by atoms with Gasteiger partial charge in [-0.05, 0) is 19.1 Å². The maximum Gasteiger partial charge on any atom is 0.305 e. The van der Waals surface area contributed by atoms with E-state index in [1.165, 1.54) is 6.07 Å². The van der Waals surface area contributed by atoms with Crippen molar-refractivity contribution in [2.45, 2.75) is 12.8 Å². The van der Waals surface area contributed by atoms with Crippen LogP contribution in [0.25, 0.3) is 0 Å². The molecule has 0 amide bonds. The summed E-state index contributed by atoms with van der Waals surface area (Å²) < 4.78 is 19.0. The lowest BCUT2D eigenvalue weighted by molar-refractivity contribution is -0.387. The van der Waals surface area contributed by atoms with Gasteiger partial charge >= 0.3 is 5.69 Å². The van der Waals surface area contributed by atoms with Crippen molar-refractivity contribution in [3.63, 3.8) is 0 Å². The summed E-state index contributed by atoms with van der Waals surface area (Å²) in [6, 6.07) is 8.83. The fourth-order valence-corrected chi connectivity index (χ4v) is 1.95. The van der Waals surface area contributed by atoms with E-state index in [9.17, 15) is 14.5 Å². The van der Waals surface area contributed by atoms with Crippen LogP contribution in [0.4, 0.5) is 10.1 Å². The molecule has 0 heterocycles. The zero-order chi connectivity index (χ0) is 14.7. The Balaban J connectivity index is 2.31. The quantitative estimate of drug-likeness (QED) is 0.471. The molecule has 0 aliphatic rings. The van der Waals surface area contributed by atoms with E-state index >= 15 is 0 Å². The number of halogens is 2. The van der Waals surface area contributed by atoms with Gasteiger partial charge in [0.1, 0.15) is 11.5 Å². The minimum Gasteiger partial charge on any atom is -0.457 e. The normalized spacial score (nSPS) is 10.3. The molecule has 4 nitrogen and oxygen atoms in total. The molecule has 104 valence electrons. The first-order chi connectivity index (χ1) is 9.51. The van der Waals surface area contributed by atoms with Gasteiger partial charge in [-0.3, -0.25) is 10.1 Å². The van der Waals surface area contributed by atoms with E-state index < -0.39 is 16.4 Å². The van der Waals surface area contributed by atoms with Gasteiger partial charge in [-0.25, -0.2) is 0 Å². The van der Waals surface area contributed by atoms with Crippen LogP contribution < -0.4 is 4.74 Å². The predicted octanol–water partition coefficient (Wildman–Crippen LogP) is 4.57. The number of aryl methyl sites for hydroxylation is 1. The highest BCUT2D eigenvalue weighted by molar-refractivity contribution is 6.17. The predicted molar refractivity (Wildman–Crippen MR) is 73.9 cm³/mol. The molecular formula is C14H11ClFNO3. The molecule has 2 aromatic rings. The first-order valence-corrected chi connectivity index (χ1v) is 6.32. The Morgan fingerprint density at radius 1 is 1.30 bits per heavy atom. The van der Waals surface area contributed by atoms with Crippen molar-refractivity contribution in [1.82, 2.24) is 0 Å². The zero-order valence-electron chi connectivity index (χ0n) is 10.6. The zero-order valence-corrected chi connectivity index (χ0v) is 11.4. The number of benzene rings is 2. The molecule has 0 aliphatic carbocycles. The van der Waals surface area contributed by atoms with E-state index in [0.29, 0.717) is 5.75 Å². The first-order valence-electron chi connectivity index (χ1n) is 5.78. The van der Waals surface area contributed by atoms with Crippen LogP contribution >= 0.6 is 11.6 Å². The SMILES string of the molecule is Cc1ccc(Oc2ccc([N+](=O)[O-])c(F)c2)c(CCl)c1. The Kier molecular flexibility index (Phi) is 4.20. The summed E-state index contributed by atoms with van der Waals surface area (Å²) >= 11 is 5.82. The highest BCUT2D eigenvalue weighted by atomic mass is 35.5. The number of nitro groups is 1. The van der Waals surface area contributed by atoms with Gasteiger partial charge in [-0.2, -0.15) is 4.39 Å². The van der Waals surface area contributed by atoms with Crippen LogP contribution in [0.2, 0.25) is 0 Å². The number of alkyl halides is 1. The van der Waals surface area contributed by atoms with Crippen molar-refractivity contribution >= 4 is 17.3 Å². The molecule has 20 heavy (non-hydrogen) atoms. The van der Waals surface area contributed by atoms with E-state index in [1.54, 1.807) is 6.07 Å². The van der Waals surface area contributed by atoms with E-state index in [-0.39, 0.29) is 11.6 Å². The second kappa shape index (κ2) is 5.88. The molecule has 0 unspecified atom stereocenters. The lowest BCUT2D eigenvalue weighted by Gasteiger charge is -2.10. The Bertz CT molecular complexity index is 661. The molecule has 0 aliphatic heterocycles. The van der Waals surface area contributed by atoms with Crippen LogP contribution in [0.1, 0.15) is 11.1 Å². The Morgan fingerprint density at radius 2 is 2.05 bits per heavy atom. The van der Waals surface area contributed by atoms with Crippen LogP contribution in [0.15, 0.2) is 36.4 Å². The standard InChI is InChI=1S/C14H11ClFNO3/c1-9-2-5-14(10(6-9)8-15)20-11-3-4-13(17(18)19)12(16)7-11/h2-7H,8H2,1H3. The summed E-state index contributed by atoms with van der Waals surface area (Å²) in [5.74, 6) is 0.00106. The van der Waals surface area contributed by atoms with Crippen molar-refractivity contribution in [3.05, 3.63) is 63.5 Å². The van der Waals surface area contributed by atoms with Gasteiger partial charge < -0.3 is 4.74 Å². The van der Waals surface area contributed by atoms with Gasteiger partial charge in [-0.1, -0.05) is 17.7 Å².